The third kappa shape index (κ3) is 4.14. The van der Waals surface area contributed by atoms with Crippen molar-refractivity contribution in [3.05, 3.63) is 71.8 Å². The second-order valence-corrected chi connectivity index (χ2v) is 7.36. The van der Waals surface area contributed by atoms with Crippen molar-refractivity contribution in [2.75, 3.05) is 13.7 Å². The summed E-state index contributed by atoms with van der Waals surface area (Å²) < 4.78 is 25.4. The van der Waals surface area contributed by atoms with E-state index in [4.69, 9.17) is 9.47 Å². The molecule has 1 fully saturated rings. The number of carbonyl (C=O) groups excluding carboxylic acids is 2. The smallest absolute Gasteiger partial charge is 0.302 e. The highest BCUT2D eigenvalue weighted by atomic mass is 19.1. The molecule has 2 heterocycles. The van der Waals surface area contributed by atoms with Crippen LogP contribution < -0.4 is 4.74 Å². The Labute approximate surface area is 178 Å². The first-order valence-corrected chi connectivity index (χ1v) is 9.87. The van der Waals surface area contributed by atoms with Crippen LogP contribution in [0, 0.1) is 5.82 Å². The van der Waals surface area contributed by atoms with Crippen molar-refractivity contribution < 1.29 is 23.5 Å². The Morgan fingerprint density at radius 2 is 2.03 bits per heavy atom. The lowest BCUT2D eigenvalue weighted by atomic mass is 10.0. The Hall–Kier alpha value is -3.68. The second-order valence-electron chi connectivity index (χ2n) is 7.36. The van der Waals surface area contributed by atoms with Crippen molar-refractivity contribution in [3.8, 4) is 16.9 Å². The number of ether oxygens (including phenoxy) is 2. The van der Waals surface area contributed by atoms with E-state index in [-0.39, 0.29) is 12.5 Å². The Kier molecular flexibility index (Phi) is 5.70. The highest BCUT2D eigenvalue weighted by Gasteiger charge is 2.39. The van der Waals surface area contributed by atoms with Crippen LogP contribution in [0.3, 0.4) is 0 Å². The number of amides is 1. The number of aromatic nitrogens is 2. The van der Waals surface area contributed by atoms with Crippen LogP contribution in [-0.2, 0) is 9.53 Å². The predicted molar refractivity (Wildman–Crippen MR) is 111 cm³/mol. The zero-order valence-electron chi connectivity index (χ0n) is 17.2. The number of esters is 1. The van der Waals surface area contributed by atoms with Crippen LogP contribution in [0.2, 0.25) is 0 Å². The lowest BCUT2D eigenvalue weighted by Crippen LogP contribution is -2.32. The van der Waals surface area contributed by atoms with Crippen LogP contribution in [0.4, 0.5) is 4.39 Å². The Morgan fingerprint density at radius 3 is 2.71 bits per heavy atom. The largest absolute Gasteiger partial charge is 0.496 e. The summed E-state index contributed by atoms with van der Waals surface area (Å²) in [5.41, 5.74) is 2.41. The summed E-state index contributed by atoms with van der Waals surface area (Å²) in [4.78, 5) is 26.4. The van der Waals surface area contributed by atoms with E-state index in [1.54, 1.807) is 53.7 Å². The van der Waals surface area contributed by atoms with Gasteiger partial charge in [-0.25, -0.2) is 4.39 Å². The fourth-order valence-corrected chi connectivity index (χ4v) is 4.01. The van der Waals surface area contributed by atoms with Gasteiger partial charge in [-0.1, -0.05) is 18.2 Å². The third-order valence-corrected chi connectivity index (χ3v) is 5.38. The first kappa shape index (κ1) is 20.6. The molecular formula is C23H22FN3O4. The molecule has 1 saturated heterocycles. The maximum Gasteiger partial charge on any atom is 0.302 e. The summed E-state index contributed by atoms with van der Waals surface area (Å²) >= 11 is 0. The number of aromatic amines is 1. The van der Waals surface area contributed by atoms with Gasteiger partial charge in [0.2, 0.25) is 0 Å². The molecule has 2 aromatic carbocycles. The van der Waals surface area contributed by atoms with Crippen molar-refractivity contribution >= 4 is 11.9 Å². The van der Waals surface area contributed by atoms with Gasteiger partial charge in [0, 0.05) is 41.8 Å². The fourth-order valence-electron chi connectivity index (χ4n) is 4.01. The van der Waals surface area contributed by atoms with Gasteiger partial charge in [-0.2, -0.15) is 5.10 Å². The molecule has 3 aromatic rings. The number of hydrogen-bond acceptors (Lipinski definition) is 5. The van der Waals surface area contributed by atoms with E-state index >= 15 is 0 Å². The van der Waals surface area contributed by atoms with Gasteiger partial charge in [-0.05, 0) is 24.3 Å². The fraction of sp³-hybridized carbons (Fsp3) is 0.261. The first-order valence-electron chi connectivity index (χ1n) is 9.87. The molecule has 0 saturated carbocycles. The minimum atomic E-state index is -0.544. The summed E-state index contributed by atoms with van der Waals surface area (Å²) in [6.45, 7) is 1.51. The molecule has 2 atom stereocenters. The average Bonchev–Trinajstić information content (AvgIpc) is 3.43. The summed E-state index contributed by atoms with van der Waals surface area (Å²) in [6, 6.07) is 10.9. The molecule has 8 heteroatoms. The second kappa shape index (κ2) is 8.59. The molecule has 1 amide bonds. The van der Waals surface area contributed by atoms with Crippen LogP contribution in [0.1, 0.15) is 35.3 Å². The number of likely N-dealkylation sites (tertiary alicyclic amines) is 1. The number of H-pyrrole nitrogens is 1. The van der Waals surface area contributed by atoms with Crippen molar-refractivity contribution in [3.63, 3.8) is 0 Å². The lowest BCUT2D eigenvalue weighted by Gasteiger charge is -2.25. The van der Waals surface area contributed by atoms with E-state index < -0.39 is 23.9 Å². The van der Waals surface area contributed by atoms with Crippen molar-refractivity contribution in [2.24, 2.45) is 0 Å². The number of benzene rings is 2. The molecule has 31 heavy (non-hydrogen) atoms. The molecule has 1 aliphatic rings. The molecule has 0 radical (unpaired) electrons. The molecule has 1 aromatic heterocycles. The van der Waals surface area contributed by atoms with Crippen molar-refractivity contribution in [1.29, 1.82) is 0 Å². The minimum absolute atomic E-state index is 0.184. The molecular weight excluding hydrogens is 401 g/mol. The predicted octanol–water partition coefficient (Wildman–Crippen LogP) is 3.74. The number of methoxy groups -OCH3 is 1. The van der Waals surface area contributed by atoms with Crippen LogP contribution in [0.25, 0.3) is 11.1 Å². The number of nitrogens with zero attached hydrogens (tertiary/aromatic N) is 2. The van der Waals surface area contributed by atoms with Crippen molar-refractivity contribution in [1.82, 2.24) is 15.1 Å². The molecule has 160 valence electrons. The van der Waals surface area contributed by atoms with Gasteiger partial charge in [0.15, 0.2) is 0 Å². The summed E-state index contributed by atoms with van der Waals surface area (Å²) in [5.74, 6) is -0.607. The number of nitrogens with one attached hydrogen (secondary N) is 1. The van der Waals surface area contributed by atoms with E-state index in [2.05, 4.69) is 10.2 Å². The Balaban J connectivity index is 1.67. The average molecular weight is 423 g/mol. The number of hydrogen-bond donors (Lipinski definition) is 1. The molecule has 1 N–H and O–H groups in total. The minimum Gasteiger partial charge on any atom is -0.496 e. The first-order chi connectivity index (χ1) is 15.0. The van der Waals surface area contributed by atoms with E-state index in [0.29, 0.717) is 23.3 Å². The van der Waals surface area contributed by atoms with Gasteiger partial charge in [-0.15, -0.1) is 0 Å². The standard InChI is InChI=1S/C23H22FN3O4/c1-14(28)31-17-10-21(19-5-3-4-6-20(19)24)27(13-17)23(29)15-7-8-18(22(9-15)30-2)16-11-25-26-12-16/h3-9,11-12,17,21H,10,13H2,1-2H3,(H,25,26). The quantitative estimate of drug-likeness (QED) is 0.632. The zero-order chi connectivity index (χ0) is 22.0. The lowest BCUT2D eigenvalue weighted by molar-refractivity contribution is -0.145. The third-order valence-electron chi connectivity index (χ3n) is 5.38. The summed E-state index contributed by atoms with van der Waals surface area (Å²) in [7, 11) is 1.53. The SMILES string of the molecule is COc1cc(C(=O)N2CC(OC(C)=O)CC2c2ccccc2F)ccc1-c1cn[nH]c1. The van der Waals surface area contributed by atoms with Gasteiger partial charge in [0.1, 0.15) is 17.7 Å². The van der Waals surface area contributed by atoms with E-state index in [1.807, 2.05) is 0 Å². The van der Waals surface area contributed by atoms with Crippen molar-refractivity contribution in [2.45, 2.75) is 25.5 Å². The maximum absolute atomic E-state index is 14.5. The Morgan fingerprint density at radius 1 is 1.23 bits per heavy atom. The molecule has 4 rings (SSSR count). The molecule has 0 bridgehead atoms. The molecule has 7 nitrogen and oxygen atoms in total. The monoisotopic (exact) mass is 423 g/mol. The maximum atomic E-state index is 14.5. The number of rotatable bonds is 5. The van der Waals surface area contributed by atoms with E-state index in [1.165, 1.54) is 20.1 Å². The van der Waals surface area contributed by atoms with Gasteiger partial charge in [-0.3, -0.25) is 14.7 Å². The topological polar surface area (TPSA) is 84.5 Å². The van der Waals surface area contributed by atoms with Gasteiger partial charge in [0.25, 0.3) is 5.91 Å². The van der Waals surface area contributed by atoms with Crippen LogP contribution in [0.5, 0.6) is 5.75 Å². The molecule has 0 spiro atoms. The highest BCUT2D eigenvalue weighted by molar-refractivity contribution is 5.96. The normalized spacial score (nSPS) is 18.1. The molecule has 2 unspecified atom stereocenters. The van der Waals surface area contributed by atoms with Gasteiger partial charge < -0.3 is 14.4 Å². The number of halogens is 1. The zero-order valence-corrected chi connectivity index (χ0v) is 17.2. The van der Waals surface area contributed by atoms with E-state index in [9.17, 15) is 14.0 Å². The van der Waals surface area contributed by atoms with Crippen LogP contribution in [-0.4, -0.2) is 46.7 Å². The molecule has 1 aliphatic heterocycles. The molecule has 0 aliphatic carbocycles. The summed E-state index contributed by atoms with van der Waals surface area (Å²) in [6.07, 6.45) is 3.23. The summed E-state index contributed by atoms with van der Waals surface area (Å²) in [5, 5.41) is 6.70. The van der Waals surface area contributed by atoms with E-state index in [0.717, 1.165) is 11.1 Å². The highest BCUT2D eigenvalue weighted by Crippen LogP contribution is 2.37. The van der Waals surface area contributed by atoms with Crippen LogP contribution in [0.15, 0.2) is 54.9 Å². The van der Waals surface area contributed by atoms with Gasteiger partial charge in [0.05, 0.1) is 25.9 Å². The van der Waals surface area contributed by atoms with Crippen LogP contribution >= 0.6 is 0 Å². The van der Waals surface area contributed by atoms with Gasteiger partial charge >= 0.3 is 5.97 Å². The Bertz CT molecular complexity index is 1100. The number of carbonyl (C=O) groups is 2.